The number of hydrogen-bond acceptors (Lipinski definition) is 3. The molecule has 0 aromatic carbocycles. The Morgan fingerprint density at radius 1 is 1.25 bits per heavy atom. The highest BCUT2D eigenvalue weighted by Gasteiger charge is 2.18. The SMILES string of the molecule is CC(C)(C)c1cc2nc(-c3cccnc3)cc(=O)n2[nH]1. The molecule has 0 radical (unpaired) electrons. The molecule has 0 spiro atoms. The third-order valence-corrected chi connectivity index (χ3v) is 3.22. The third kappa shape index (κ3) is 2.11. The molecule has 0 amide bonds. The molecule has 102 valence electrons. The van der Waals surface area contributed by atoms with E-state index in [4.69, 9.17) is 0 Å². The van der Waals surface area contributed by atoms with Gasteiger partial charge in [0.15, 0.2) is 5.65 Å². The van der Waals surface area contributed by atoms with Crippen LogP contribution in [0.1, 0.15) is 26.5 Å². The van der Waals surface area contributed by atoms with Crippen molar-refractivity contribution in [2.24, 2.45) is 0 Å². The zero-order chi connectivity index (χ0) is 14.3. The van der Waals surface area contributed by atoms with E-state index in [-0.39, 0.29) is 11.0 Å². The van der Waals surface area contributed by atoms with Crippen molar-refractivity contribution in [2.45, 2.75) is 26.2 Å². The molecule has 0 saturated carbocycles. The average Bonchev–Trinajstić information content (AvgIpc) is 2.84. The average molecular weight is 268 g/mol. The maximum absolute atomic E-state index is 12.2. The second kappa shape index (κ2) is 4.30. The fourth-order valence-corrected chi connectivity index (χ4v) is 2.04. The van der Waals surface area contributed by atoms with Gasteiger partial charge in [-0.1, -0.05) is 20.8 Å². The predicted molar refractivity (Wildman–Crippen MR) is 77.7 cm³/mol. The molecule has 3 aromatic heterocycles. The molecule has 0 aliphatic carbocycles. The lowest BCUT2D eigenvalue weighted by atomic mass is 9.93. The van der Waals surface area contributed by atoms with Gasteiger partial charge in [0.05, 0.1) is 5.69 Å². The van der Waals surface area contributed by atoms with E-state index in [2.05, 4.69) is 35.8 Å². The fraction of sp³-hybridized carbons (Fsp3) is 0.267. The molecule has 0 unspecified atom stereocenters. The first-order valence-corrected chi connectivity index (χ1v) is 6.49. The summed E-state index contributed by atoms with van der Waals surface area (Å²) >= 11 is 0. The maximum Gasteiger partial charge on any atom is 0.273 e. The molecule has 5 nitrogen and oxygen atoms in total. The van der Waals surface area contributed by atoms with Gasteiger partial charge < -0.3 is 0 Å². The highest BCUT2D eigenvalue weighted by atomic mass is 16.1. The molecule has 3 heterocycles. The van der Waals surface area contributed by atoms with Crippen LogP contribution in [-0.4, -0.2) is 19.6 Å². The quantitative estimate of drug-likeness (QED) is 0.737. The van der Waals surface area contributed by atoms with Crippen molar-refractivity contribution in [3.8, 4) is 11.3 Å². The predicted octanol–water partition coefficient (Wildman–Crippen LogP) is 2.38. The summed E-state index contributed by atoms with van der Waals surface area (Å²) in [5.41, 5.74) is 2.90. The Bertz CT molecular complexity index is 809. The Kier molecular flexibility index (Phi) is 2.71. The number of aromatic nitrogens is 4. The molecule has 0 saturated heterocycles. The van der Waals surface area contributed by atoms with Crippen LogP contribution in [0.5, 0.6) is 0 Å². The summed E-state index contributed by atoms with van der Waals surface area (Å²) in [5.74, 6) is 0. The van der Waals surface area contributed by atoms with Gasteiger partial charge in [-0.25, -0.2) is 9.50 Å². The van der Waals surface area contributed by atoms with E-state index in [1.807, 2.05) is 18.2 Å². The van der Waals surface area contributed by atoms with Crippen molar-refractivity contribution in [1.82, 2.24) is 19.6 Å². The standard InChI is InChI=1S/C15H16N4O/c1-15(2,3)12-8-13-17-11(7-14(20)19(13)18-12)10-5-4-6-16-9-10/h4-9,18H,1-3H3. The largest absolute Gasteiger partial charge is 0.293 e. The summed E-state index contributed by atoms with van der Waals surface area (Å²) in [7, 11) is 0. The van der Waals surface area contributed by atoms with Gasteiger partial charge in [-0.2, -0.15) is 0 Å². The van der Waals surface area contributed by atoms with Crippen LogP contribution in [0.25, 0.3) is 16.9 Å². The molecule has 5 heteroatoms. The van der Waals surface area contributed by atoms with Crippen molar-refractivity contribution in [3.05, 3.63) is 52.7 Å². The summed E-state index contributed by atoms with van der Waals surface area (Å²) in [6.07, 6.45) is 3.40. The van der Waals surface area contributed by atoms with Crippen LogP contribution in [0.15, 0.2) is 41.5 Å². The number of nitrogens with zero attached hydrogens (tertiary/aromatic N) is 3. The molecule has 0 aliphatic rings. The van der Waals surface area contributed by atoms with E-state index >= 15 is 0 Å². The van der Waals surface area contributed by atoms with Crippen LogP contribution in [-0.2, 0) is 5.41 Å². The summed E-state index contributed by atoms with van der Waals surface area (Å²) in [4.78, 5) is 20.8. The number of pyridine rings is 1. The Hall–Kier alpha value is -2.43. The van der Waals surface area contributed by atoms with Crippen molar-refractivity contribution in [3.63, 3.8) is 0 Å². The van der Waals surface area contributed by atoms with Crippen molar-refractivity contribution >= 4 is 5.65 Å². The molecular formula is C15H16N4O. The number of hydrogen-bond donors (Lipinski definition) is 1. The van der Waals surface area contributed by atoms with E-state index in [1.54, 1.807) is 12.4 Å². The van der Waals surface area contributed by atoms with Crippen LogP contribution in [0.3, 0.4) is 0 Å². The number of fused-ring (bicyclic) bond motifs is 1. The maximum atomic E-state index is 12.2. The van der Waals surface area contributed by atoms with Crippen LogP contribution >= 0.6 is 0 Å². The first kappa shape index (κ1) is 12.6. The smallest absolute Gasteiger partial charge is 0.273 e. The summed E-state index contributed by atoms with van der Waals surface area (Å²) in [6.45, 7) is 6.26. The second-order valence-corrected chi connectivity index (χ2v) is 5.83. The highest BCUT2D eigenvalue weighted by Crippen LogP contribution is 2.22. The van der Waals surface area contributed by atoms with Gasteiger partial charge in [-0.05, 0) is 12.1 Å². The summed E-state index contributed by atoms with van der Waals surface area (Å²) in [6, 6.07) is 7.16. The summed E-state index contributed by atoms with van der Waals surface area (Å²) < 4.78 is 1.47. The van der Waals surface area contributed by atoms with Crippen molar-refractivity contribution < 1.29 is 0 Å². The minimum absolute atomic E-state index is 0.0609. The van der Waals surface area contributed by atoms with Crippen LogP contribution in [0, 0.1) is 0 Å². The minimum Gasteiger partial charge on any atom is -0.293 e. The normalized spacial score (nSPS) is 11.9. The van der Waals surface area contributed by atoms with Gasteiger partial charge in [-0.3, -0.25) is 14.9 Å². The molecule has 20 heavy (non-hydrogen) atoms. The topological polar surface area (TPSA) is 63.1 Å². The zero-order valence-electron chi connectivity index (χ0n) is 11.7. The zero-order valence-corrected chi connectivity index (χ0v) is 11.7. The minimum atomic E-state index is -0.121. The Balaban J connectivity index is 2.22. The third-order valence-electron chi connectivity index (χ3n) is 3.22. The van der Waals surface area contributed by atoms with Gasteiger partial charge >= 0.3 is 0 Å². The molecule has 3 rings (SSSR count). The number of aromatic amines is 1. The van der Waals surface area contributed by atoms with Gasteiger partial charge in [0.2, 0.25) is 0 Å². The first-order valence-electron chi connectivity index (χ1n) is 6.49. The van der Waals surface area contributed by atoms with Crippen LogP contribution in [0.4, 0.5) is 0 Å². The van der Waals surface area contributed by atoms with Crippen LogP contribution < -0.4 is 5.56 Å². The van der Waals surface area contributed by atoms with Crippen LogP contribution in [0.2, 0.25) is 0 Å². The molecule has 0 bridgehead atoms. The Labute approximate surface area is 116 Å². The number of rotatable bonds is 1. The monoisotopic (exact) mass is 268 g/mol. The van der Waals surface area contributed by atoms with E-state index in [9.17, 15) is 4.79 Å². The number of nitrogens with one attached hydrogen (secondary N) is 1. The molecular weight excluding hydrogens is 252 g/mol. The van der Waals surface area contributed by atoms with Gasteiger partial charge in [-0.15, -0.1) is 0 Å². The fourth-order valence-electron chi connectivity index (χ4n) is 2.04. The lowest BCUT2D eigenvalue weighted by Gasteiger charge is -2.14. The molecule has 0 fully saturated rings. The van der Waals surface area contributed by atoms with E-state index in [1.165, 1.54) is 10.6 Å². The van der Waals surface area contributed by atoms with Gasteiger partial charge in [0.25, 0.3) is 5.56 Å². The molecule has 1 N–H and O–H groups in total. The molecule has 0 atom stereocenters. The first-order chi connectivity index (χ1) is 9.45. The van der Waals surface area contributed by atoms with E-state index in [0.717, 1.165) is 11.3 Å². The van der Waals surface area contributed by atoms with Crippen molar-refractivity contribution in [2.75, 3.05) is 0 Å². The molecule has 3 aromatic rings. The molecule has 0 aliphatic heterocycles. The Morgan fingerprint density at radius 3 is 2.70 bits per heavy atom. The number of H-pyrrole nitrogens is 1. The van der Waals surface area contributed by atoms with E-state index < -0.39 is 0 Å². The lowest BCUT2D eigenvalue weighted by molar-refractivity contribution is 0.561. The Morgan fingerprint density at radius 2 is 2.05 bits per heavy atom. The second-order valence-electron chi connectivity index (χ2n) is 5.83. The summed E-state index contributed by atoms with van der Waals surface area (Å²) in [5, 5.41) is 3.11. The van der Waals surface area contributed by atoms with Gasteiger partial charge in [0.1, 0.15) is 0 Å². The highest BCUT2D eigenvalue weighted by molar-refractivity contribution is 5.60. The lowest BCUT2D eigenvalue weighted by Crippen LogP contribution is -2.17. The van der Waals surface area contributed by atoms with Gasteiger partial charge in [0, 0.05) is 41.2 Å². The van der Waals surface area contributed by atoms with Crippen molar-refractivity contribution in [1.29, 1.82) is 0 Å². The van der Waals surface area contributed by atoms with E-state index in [0.29, 0.717) is 11.3 Å².